The molecular weight excluding hydrogens is 242 g/mol. The number of aliphatic hydroxyl groups excluding tert-OH is 1. The van der Waals surface area contributed by atoms with Crippen LogP contribution in [0.3, 0.4) is 0 Å². The van der Waals surface area contributed by atoms with Crippen molar-refractivity contribution in [3.63, 3.8) is 0 Å². The van der Waals surface area contributed by atoms with E-state index in [0.29, 0.717) is 0 Å². The molecule has 0 aromatic carbocycles. The van der Waals surface area contributed by atoms with E-state index >= 15 is 0 Å². The first kappa shape index (κ1) is 20.2. The Labute approximate surface area is 119 Å². The molecule has 3 heteroatoms. The Kier molecular flexibility index (Phi) is 21.5. The standard InChI is InChI=1S/C12H25NS.C2H2.CH4O/c1-2-3-4-5-6-7-8-13-9-11-14-12-10-13;2*1-2/h2-12H2,1H3;1-2H;2H,1H3. The monoisotopic (exact) mass is 273 g/mol. The molecule has 0 spiro atoms. The highest BCUT2D eigenvalue weighted by atomic mass is 32.2. The molecule has 1 saturated heterocycles. The smallest absolute Gasteiger partial charge is 0.0319 e. The van der Waals surface area contributed by atoms with Gasteiger partial charge in [0.2, 0.25) is 0 Å². The fourth-order valence-electron chi connectivity index (χ4n) is 1.94. The summed E-state index contributed by atoms with van der Waals surface area (Å²) >= 11 is 2.11. The zero-order chi connectivity index (χ0) is 14.1. The zero-order valence-electron chi connectivity index (χ0n) is 12.2. The SMILES string of the molecule is C#C.CCCCCCCCN1CCSCC1.CO. The van der Waals surface area contributed by atoms with Crippen molar-refractivity contribution in [2.75, 3.05) is 38.2 Å². The average Bonchev–Trinajstić information content (AvgIpc) is 2.48. The molecule has 1 heterocycles. The maximum Gasteiger partial charge on any atom is 0.0319 e. The molecule has 0 aliphatic carbocycles. The van der Waals surface area contributed by atoms with Gasteiger partial charge in [-0.1, -0.05) is 39.0 Å². The van der Waals surface area contributed by atoms with E-state index in [1.54, 1.807) is 0 Å². The van der Waals surface area contributed by atoms with Gasteiger partial charge in [-0.05, 0) is 13.0 Å². The summed E-state index contributed by atoms with van der Waals surface area (Å²) in [6, 6.07) is 0. The molecule has 1 aliphatic rings. The minimum Gasteiger partial charge on any atom is -0.400 e. The molecule has 0 atom stereocenters. The predicted octanol–water partition coefficient (Wildman–Crippen LogP) is 3.25. The van der Waals surface area contributed by atoms with Crippen LogP contribution in [0.5, 0.6) is 0 Å². The van der Waals surface area contributed by atoms with E-state index in [1.807, 2.05) is 0 Å². The highest BCUT2D eigenvalue weighted by Crippen LogP contribution is 2.11. The molecule has 1 N–H and O–H groups in total. The van der Waals surface area contributed by atoms with Gasteiger partial charge in [0.1, 0.15) is 0 Å². The van der Waals surface area contributed by atoms with Gasteiger partial charge in [-0.25, -0.2) is 0 Å². The molecule has 18 heavy (non-hydrogen) atoms. The van der Waals surface area contributed by atoms with Crippen LogP contribution in [0.15, 0.2) is 0 Å². The fraction of sp³-hybridized carbons (Fsp3) is 0.867. The number of hydrogen-bond donors (Lipinski definition) is 1. The number of terminal acetylenes is 1. The third-order valence-electron chi connectivity index (χ3n) is 2.93. The summed E-state index contributed by atoms with van der Waals surface area (Å²) < 4.78 is 0. The zero-order valence-corrected chi connectivity index (χ0v) is 13.1. The second kappa shape index (κ2) is 19.2. The highest BCUT2D eigenvalue weighted by Gasteiger charge is 2.08. The van der Waals surface area contributed by atoms with Gasteiger partial charge < -0.3 is 10.0 Å². The Morgan fingerprint density at radius 2 is 1.44 bits per heavy atom. The molecule has 0 bridgehead atoms. The number of thioether (sulfide) groups is 1. The molecule has 0 unspecified atom stereocenters. The Hall–Kier alpha value is -0.170. The molecule has 2 nitrogen and oxygen atoms in total. The number of hydrogen-bond acceptors (Lipinski definition) is 3. The van der Waals surface area contributed by atoms with Crippen molar-refractivity contribution in [3.05, 3.63) is 0 Å². The fourth-order valence-corrected chi connectivity index (χ4v) is 2.92. The molecule has 0 saturated carbocycles. The molecule has 1 rings (SSSR count). The van der Waals surface area contributed by atoms with Crippen LogP contribution in [0.4, 0.5) is 0 Å². The molecule has 0 aromatic rings. The number of aliphatic hydroxyl groups is 1. The van der Waals surface area contributed by atoms with Gasteiger partial charge in [0.15, 0.2) is 0 Å². The molecule has 0 radical (unpaired) electrons. The van der Waals surface area contributed by atoms with E-state index in [-0.39, 0.29) is 0 Å². The first-order valence-corrected chi connectivity index (χ1v) is 8.17. The van der Waals surface area contributed by atoms with Gasteiger partial charge in [0.25, 0.3) is 0 Å². The van der Waals surface area contributed by atoms with Crippen molar-refractivity contribution in [2.24, 2.45) is 0 Å². The topological polar surface area (TPSA) is 23.5 Å². The number of nitrogens with zero attached hydrogens (tertiary/aromatic N) is 1. The van der Waals surface area contributed by atoms with Gasteiger partial charge in [-0.15, -0.1) is 12.8 Å². The van der Waals surface area contributed by atoms with E-state index < -0.39 is 0 Å². The average molecular weight is 273 g/mol. The van der Waals surface area contributed by atoms with Crippen LogP contribution in [-0.4, -0.2) is 48.3 Å². The molecule has 0 amide bonds. The minimum atomic E-state index is 1.00. The van der Waals surface area contributed by atoms with Crippen molar-refractivity contribution in [2.45, 2.75) is 45.4 Å². The molecular formula is C15H31NOS. The van der Waals surface area contributed by atoms with E-state index in [0.717, 1.165) is 7.11 Å². The third kappa shape index (κ3) is 13.9. The Morgan fingerprint density at radius 1 is 0.944 bits per heavy atom. The summed E-state index contributed by atoms with van der Waals surface area (Å²) in [6.45, 7) is 6.30. The van der Waals surface area contributed by atoms with Crippen molar-refractivity contribution in [1.29, 1.82) is 0 Å². The van der Waals surface area contributed by atoms with Gasteiger partial charge in [-0.3, -0.25) is 0 Å². The first-order chi connectivity index (χ1) is 8.93. The maximum absolute atomic E-state index is 7.00. The predicted molar refractivity (Wildman–Crippen MR) is 85.2 cm³/mol. The Bertz CT molecular complexity index is 156. The van der Waals surface area contributed by atoms with Crippen molar-refractivity contribution in [3.8, 4) is 12.8 Å². The van der Waals surface area contributed by atoms with Crippen LogP contribution in [-0.2, 0) is 0 Å². The Morgan fingerprint density at radius 3 is 2.00 bits per heavy atom. The van der Waals surface area contributed by atoms with Crippen LogP contribution < -0.4 is 0 Å². The van der Waals surface area contributed by atoms with Crippen LogP contribution >= 0.6 is 11.8 Å². The van der Waals surface area contributed by atoms with E-state index in [1.165, 1.54) is 69.7 Å². The summed E-state index contributed by atoms with van der Waals surface area (Å²) in [5, 5.41) is 7.00. The van der Waals surface area contributed by atoms with Crippen LogP contribution in [0, 0.1) is 12.8 Å². The largest absolute Gasteiger partial charge is 0.400 e. The van der Waals surface area contributed by atoms with Crippen LogP contribution in [0.25, 0.3) is 0 Å². The van der Waals surface area contributed by atoms with Crippen molar-refractivity contribution < 1.29 is 5.11 Å². The second-order valence-corrected chi connectivity index (χ2v) is 5.45. The molecule has 1 aliphatic heterocycles. The van der Waals surface area contributed by atoms with E-state index in [9.17, 15) is 0 Å². The normalized spacial score (nSPS) is 14.9. The van der Waals surface area contributed by atoms with Gasteiger partial charge >= 0.3 is 0 Å². The Balaban J connectivity index is 0. The van der Waals surface area contributed by atoms with Crippen LogP contribution in [0.2, 0.25) is 0 Å². The summed E-state index contributed by atoms with van der Waals surface area (Å²) in [6.07, 6.45) is 16.6. The van der Waals surface area contributed by atoms with Crippen molar-refractivity contribution in [1.82, 2.24) is 4.90 Å². The highest BCUT2D eigenvalue weighted by molar-refractivity contribution is 7.99. The lowest BCUT2D eigenvalue weighted by atomic mass is 10.1. The maximum atomic E-state index is 7.00. The van der Waals surface area contributed by atoms with Gasteiger partial charge in [-0.2, -0.15) is 11.8 Å². The minimum absolute atomic E-state index is 1.00. The second-order valence-electron chi connectivity index (χ2n) is 4.22. The molecule has 108 valence electrons. The first-order valence-electron chi connectivity index (χ1n) is 7.01. The lowest BCUT2D eigenvalue weighted by Crippen LogP contribution is -2.33. The third-order valence-corrected chi connectivity index (χ3v) is 3.87. The summed E-state index contributed by atoms with van der Waals surface area (Å²) in [4.78, 5) is 2.64. The summed E-state index contributed by atoms with van der Waals surface area (Å²) in [5.41, 5.74) is 0. The van der Waals surface area contributed by atoms with E-state index in [4.69, 9.17) is 5.11 Å². The number of rotatable bonds is 7. The summed E-state index contributed by atoms with van der Waals surface area (Å²) in [7, 11) is 1.00. The summed E-state index contributed by atoms with van der Waals surface area (Å²) in [5.74, 6) is 2.71. The molecule has 1 fully saturated rings. The lowest BCUT2D eigenvalue weighted by Gasteiger charge is -2.25. The van der Waals surface area contributed by atoms with Gasteiger partial charge in [0, 0.05) is 31.7 Å². The van der Waals surface area contributed by atoms with Gasteiger partial charge in [0.05, 0.1) is 0 Å². The number of unbranched alkanes of at least 4 members (excludes halogenated alkanes) is 5. The van der Waals surface area contributed by atoms with Crippen LogP contribution in [0.1, 0.15) is 45.4 Å². The lowest BCUT2D eigenvalue weighted by molar-refractivity contribution is 0.294. The van der Waals surface area contributed by atoms with E-state index in [2.05, 4.69) is 36.4 Å². The quantitative estimate of drug-likeness (QED) is 0.569. The van der Waals surface area contributed by atoms with Crippen molar-refractivity contribution >= 4 is 11.8 Å². The molecule has 0 aromatic heterocycles.